The van der Waals surface area contributed by atoms with Gasteiger partial charge in [-0.05, 0) is 31.5 Å². The summed E-state index contributed by atoms with van der Waals surface area (Å²) in [6.45, 7) is 5.00. The number of nitrogens with zero attached hydrogens (tertiary/aromatic N) is 2. The second-order valence-electron chi connectivity index (χ2n) is 4.61. The van der Waals surface area contributed by atoms with Crippen LogP contribution in [0.25, 0.3) is 0 Å². The van der Waals surface area contributed by atoms with Crippen LogP contribution in [0.5, 0.6) is 0 Å². The lowest BCUT2D eigenvalue weighted by molar-refractivity contribution is -0.384. The Labute approximate surface area is 122 Å². The van der Waals surface area contributed by atoms with Crippen molar-refractivity contribution in [2.45, 2.75) is 26.8 Å². The molecule has 0 aliphatic heterocycles. The first-order valence-electron chi connectivity index (χ1n) is 6.78. The molecular formula is C14H18N4O3. The summed E-state index contributed by atoms with van der Waals surface area (Å²) in [5.41, 5.74) is -0.0553. The van der Waals surface area contributed by atoms with Gasteiger partial charge in [-0.25, -0.2) is 4.98 Å². The molecule has 2 aromatic heterocycles. The highest BCUT2D eigenvalue weighted by Crippen LogP contribution is 2.24. The quantitative estimate of drug-likeness (QED) is 0.600. The molecule has 0 saturated carbocycles. The topological polar surface area (TPSA) is 93.2 Å². The maximum absolute atomic E-state index is 11.0. The summed E-state index contributed by atoms with van der Waals surface area (Å²) >= 11 is 0. The van der Waals surface area contributed by atoms with Gasteiger partial charge in [0, 0.05) is 12.6 Å². The number of nitro groups is 1. The first kappa shape index (κ1) is 14.8. The lowest BCUT2D eigenvalue weighted by Crippen LogP contribution is -2.07. The number of hydrogen-bond acceptors (Lipinski definition) is 6. The van der Waals surface area contributed by atoms with E-state index in [0.29, 0.717) is 18.1 Å². The van der Waals surface area contributed by atoms with Crippen molar-refractivity contribution in [1.29, 1.82) is 0 Å². The zero-order chi connectivity index (χ0) is 15.2. The second-order valence-corrected chi connectivity index (χ2v) is 4.61. The minimum absolute atomic E-state index is 0.0553. The number of aryl methyl sites for hydroxylation is 1. The second kappa shape index (κ2) is 6.74. The van der Waals surface area contributed by atoms with Crippen LogP contribution < -0.4 is 10.6 Å². The standard InChI is InChI=1S/C14H18N4O3/c1-3-8-15-13-7-6-12(18(19)20)14(17-13)16-9-11-5-4-10(2)21-11/h4-7H,3,8-9H2,1-2H3,(H2,15,16,17). The fraction of sp³-hybridized carbons (Fsp3) is 0.357. The van der Waals surface area contributed by atoms with Crippen LogP contribution in [0.1, 0.15) is 24.9 Å². The first-order chi connectivity index (χ1) is 10.1. The van der Waals surface area contributed by atoms with Gasteiger partial charge in [-0.2, -0.15) is 0 Å². The highest BCUT2D eigenvalue weighted by atomic mass is 16.6. The van der Waals surface area contributed by atoms with Gasteiger partial charge >= 0.3 is 5.69 Å². The summed E-state index contributed by atoms with van der Waals surface area (Å²) in [6, 6.07) is 6.72. The number of aromatic nitrogens is 1. The fourth-order valence-corrected chi connectivity index (χ4v) is 1.83. The highest BCUT2D eigenvalue weighted by molar-refractivity contribution is 5.60. The van der Waals surface area contributed by atoms with Crippen molar-refractivity contribution in [3.05, 3.63) is 45.9 Å². The number of nitrogens with one attached hydrogen (secondary N) is 2. The van der Waals surface area contributed by atoms with E-state index in [1.54, 1.807) is 6.07 Å². The van der Waals surface area contributed by atoms with Crippen molar-refractivity contribution in [3.63, 3.8) is 0 Å². The third-order valence-electron chi connectivity index (χ3n) is 2.85. The summed E-state index contributed by atoms with van der Waals surface area (Å²) in [6.07, 6.45) is 0.951. The molecule has 2 heterocycles. The van der Waals surface area contributed by atoms with E-state index in [9.17, 15) is 10.1 Å². The van der Waals surface area contributed by atoms with Crippen molar-refractivity contribution < 1.29 is 9.34 Å². The first-order valence-corrected chi connectivity index (χ1v) is 6.78. The number of hydrogen-bond donors (Lipinski definition) is 2. The molecule has 0 aliphatic carbocycles. The van der Waals surface area contributed by atoms with E-state index in [1.807, 2.05) is 26.0 Å². The van der Waals surface area contributed by atoms with Crippen LogP contribution >= 0.6 is 0 Å². The van der Waals surface area contributed by atoms with Crippen LogP contribution in [0.3, 0.4) is 0 Å². The molecule has 0 aromatic carbocycles. The number of pyridine rings is 1. The van der Waals surface area contributed by atoms with Gasteiger partial charge in [0.1, 0.15) is 17.3 Å². The zero-order valence-corrected chi connectivity index (χ0v) is 12.0. The van der Waals surface area contributed by atoms with E-state index in [0.717, 1.165) is 18.7 Å². The molecule has 7 nitrogen and oxygen atoms in total. The Morgan fingerprint density at radius 1 is 1.29 bits per heavy atom. The molecule has 2 rings (SSSR count). The van der Waals surface area contributed by atoms with Crippen molar-refractivity contribution >= 4 is 17.3 Å². The molecule has 0 atom stereocenters. The van der Waals surface area contributed by atoms with E-state index >= 15 is 0 Å². The molecule has 21 heavy (non-hydrogen) atoms. The molecule has 2 aromatic rings. The van der Waals surface area contributed by atoms with Gasteiger partial charge < -0.3 is 15.1 Å². The van der Waals surface area contributed by atoms with Gasteiger partial charge in [0.15, 0.2) is 0 Å². The Kier molecular flexibility index (Phi) is 4.76. The third-order valence-corrected chi connectivity index (χ3v) is 2.85. The number of rotatable bonds is 7. The van der Waals surface area contributed by atoms with Crippen molar-refractivity contribution in [3.8, 4) is 0 Å². The monoisotopic (exact) mass is 290 g/mol. The Morgan fingerprint density at radius 2 is 2.10 bits per heavy atom. The predicted octanol–water partition coefficient (Wildman–Crippen LogP) is 3.33. The van der Waals surface area contributed by atoms with Crippen LogP contribution in [0.2, 0.25) is 0 Å². The Balaban J connectivity index is 2.15. The Morgan fingerprint density at radius 3 is 2.71 bits per heavy atom. The van der Waals surface area contributed by atoms with Crippen LogP contribution in [0.15, 0.2) is 28.7 Å². The van der Waals surface area contributed by atoms with E-state index < -0.39 is 4.92 Å². The largest absolute Gasteiger partial charge is 0.465 e. The molecule has 0 aliphatic rings. The molecule has 0 spiro atoms. The van der Waals surface area contributed by atoms with Gasteiger partial charge in [0.05, 0.1) is 11.5 Å². The molecule has 0 radical (unpaired) electrons. The van der Waals surface area contributed by atoms with Crippen LogP contribution in [-0.4, -0.2) is 16.5 Å². The molecule has 2 N–H and O–H groups in total. The zero-order valence-electron chi connectivity index (χ0n) is 12.0. The highest BCUT2D eigenvalue weighted by Gasteiger charge is 2.16. The van der Waals surface area contributed by atoms with Gasteiger partial charge in [-0.3, -0.25) is 10.1 Å². The van der Waals surface area contributed by atoms with Crippen LogP contribution in [0, 0.1) is 17.0 Å². The normalized spacial score (nSPS) is 10.4. The van der Waals surface area contributed by atoms with Crippen molar-refractivity contribution in [2.75, 3.05) is 17.2 Å². The van der Waals surface area contributed by atoms with E-state index in [-0.39, 0.29) is 11.5 Å². The van der Waals surface area contributed by atoms with Gasteiger partial charge in [-0.15, -0.1) is 0 Å². The van der Waals surface area contributed by atoms with E-state index in [1.165, 1.54) is 6.07 Å². The molecule has 7 heteroatoms. The maximum Gasteiger partial charge on any atom is 0.311 e. The molecule has 0 amide bonds. The lowest BCUT2D eigenvalue weighted by Gasteiger charge is -2.08. The minimum atomic E-state index is -0.452. The molecule has 0 fully saturated rings. The maximum atomic E-state index is 11.0. The van der Waals surface area contributed by atoms with E-state index in [4.69, 9.17) is 4.42 Å². The average molecular weight is 290 g/mol. The smallest absolute Gasteiger partial charge is 0.311 e. The summed E-state index contributed by atoms with van der Waals surface area (Å²) in [5, 5.41) is 17.1. The van der Waals surface area contributed by atoms with Crippen LogP contribution in [0.4, 0.5) is 17.3 Å². The van der Waals surface area contributed by atoms with Gasteiger partial charge in [0.25, 0.3) is 0 Å². The molecular weight excluding hydrogens is 272 g/mol. The van der Waals surface area contributed by atoms with Crippen LogP contribution in [-0.2, 0) is 6.54 Å². The SMILES string of the molecule is CCCNc1ccc([N+](=O)[O-])c(NCc2ccc(C)o2)n1. The van der Waals surface area contributed by atoms with Crippen molar-refractivity contribution in [2.24, 2.45) is 0 Å². The third kappa shape index (κ3) is 3.95. The minimum Gasteiger partial charge on any atom is -0.465 e. The van der Waals surface area contributed by atoms with Crippen molar-refractivity contribution in [1.82, 2.24) is 4.98 Å². The van der Waals surface area contributed by atoms with Gasteiger partial charge in [-0.1, -0.05) is 6.92 Å². The number of furan rings is 1. The fourth-order valence-electron chi connectivity index (χ4n) is 1.83. The summed E-state index contributed by atoms with van der Waals surface area (Å²) in [4.78, 5) is 14.8. The molecule has 0 unspecified atom stereocenters. The molecule has 112 valence electrons. The molecule has 0 bridgehead atoms. The predicted molar refractivity (Wildman–Crippen MR) is 80.4 cm³/mol. The number of anilines is 2. The van der Waals surface area contributed by atoms with Gasteiger partial charge in [0.2, 0.25) is 5.82 Å². The molecule has 0 saturated heterocycles. The Hall–Kier alpha value is -2.57. The summed E-state index contributed by atoms with van der Waals surface area (Å²) in [5.74, 6) is 2.35. The Bertz CT molecular complexity index is 624. The average Bonchev–Trinajstić information content (AvgIpc) is 2.88. The lowest BCUT2D eigenvalue weighted by atomic mass is 10.3. The summed E-state index contributed by atoms with van der Waals surface area (Å²) in [7, 11) is 0. The summed E-state index contributed by atoms with van der Waals surface area (Å²) < 4.78 is 5.42. The van der Waals surface area contributed by atoms with E-state index in [2.05, 4.69) is 15.6 Å².